The molecule has 0 unspecified atom stereocenters. The summed E-state index contributed by atoms with van der Waals surface area (Å²) in [7, 11) is 0. The quantitative estimate of drug-likeness (QED) is 0.465. The third kappa shape index (κ3) is 3.67. The van der Waals surface area contributed by atoms with Crippen LogP contribution in [-0.4, -0.2) is 15.5 Å². The maximum Gasteiger partial charge on any atom is 1.00 e. The number of benzene rings is 3. The number of ether oxygens (including phenoxy) is 1. The van der Waals surface area contributed by atoms with Crippen molar-refractivity contribution < 1.29 is 44.2 Å². The molecule has 0 spiro atoms. The van der Waals surface area contributed by atoms with Crippen LogP contribution in [0.5, 0.6) is 5.75 Å². The van der Waals surface area contributed by atoms with Gasteiger partial charge in [-0.2, -0.15) is 0 Å². The Morgan fingerprint density at radius 1 is 1.07 bits per heavy atom. The van der Waals surface area contributed by atoms with Crippen molar-refractivity contribution in [2.75, 3.05) is 0 Å². The standard InChI is InChI=1S/C24H18N2O3.Na/c27-24(28)16-9-10-23-20(13-16)19(18-6-2-1-5-17(18)14-29-23)11-12-26-15-25-21-7-3-4-8-22(21)26;/h1-11,13,15H,12,14H2,(H,27,28);/q;+1/p-1/b19-11+;. The summed E-state index contributed by atoms with van der Waals surface area (Å²) < 4.78 is 8.04. The molecule has 1 aromatic heterocycles. The van der Waals surface area contributed by atoms with E-state index < -0.39 is 5.97 Å². The maximum absolute atomic E-state index is 11.4. The smallest absolute Gasteiger partial charge is 0.545 e. The topological polar surface area (TPSA) is 67.2 Å². The third-order valence-electron chi connectivity index (χ3n) is 5.22. The minimum Gasteiger partial charge on any atom is -0.545 e. The number of hydrogen-bond donors (Lipinski definition) is 0. The summed E-state index contributed by atoms with van der Waals surface area (Å²) in [5.74, 6) is -0.543. The van der Waals surface area contributed by atoms with Gasteiger partial charge in [0, 0.05) is 12.1 Å². The van der Waals surface area contributed by atoms with Gasteiger partial charge in [-0.3, -0.25) is 0 Å². The minimum absolute atomic E-state index is 0. The molecule has 2 heterocycles. The van der Waals surface area contributed by atoms with E-state index in [9.17, 15) is 9.90 Å². The van der Waals surface area contributed by atoms with Crippen molar-refractivity contribution in [1.82, 2.24) is 9.55 Å². The molecule has 4 aromatic rings. The largest absolute Gasteiger partial charge is 1.00 e. The average molecular weight is 404 g/mol. The van der Waals surface area contributed by atoms with E-state index >= 15 is 0 Å². The fourth-order valence-electron chi connectivity index (χ4n) is 3.77. The molecule has 1 aliphatic heterocycles. The monoisotopic (exact) mass is 404 g/mol. The van der Waals surface area contributed by atoms with Crippen molar-refractivity contribution in [3.05, 3.63) is 101 Å². The summed E-state index contributed by atoms with van der Waals surface area (Å²) in [6, 6.07) is 20.8. The van der Waals surface area contributed by atoms with Crippen LogP contribution in [0.2, 0.25) is 0 Å². The van der Waals surface area contributed by atoms with Crippen LogP contribution in [0.3, 0.4) is 0 Å². The molecule has 5 nitrogen and oxygen atoms in total. The summed E-state index contributed by atoms with van der Waals surface area (Å²) in [6.07, 6.45) is 3.92. The predicted molar refractivity (Wildman–Crippen MR) is 108 cm³/mol. The first-order valence-corrected chi connectivity index (χ1v) is 9.37. The molecule has 0 N–H and O–H groups in total. The van der Waals surface area contributed by atoms with Gasteiger partial charge in [0.1, 0.15) is 12.4 Å². The second-order valence-electron chi connectivity index (χ2n) is 6.95. The van der Waals surface area contributed by atoms with Crippen molar-refractivity contribution in [3.63, 3.8) is 0 Å². The first kappa shape index (κ1) is 20.4. The second kappa shape index (κ2) is 8.48. The van der Waals surface area contributed by atoms with E-state index in [0.29, 0.717) is 18.9 Å². The summed E-state index contributed by atoms with van der Waals surface area (Å²) in [6.45, 7) is 1.03. The number of carbonyl (C=O) groups is 1. The molecule has 3 aromatic carbocycles. The van der Waals surface area contributed by atoms with Gasteiger partial charge in [0.2, 0.25) is 0 Å². The molecule has 142 valence electrons. The van der Waals surface area contributed by atoms with Gasteiger partial charge in [-0.15, -0.1) is 0 Å². The van der Waals surface area contributed by atoms with Crippen molar-refractivity contribution >= 4 is 22.6 Å². The number of aromatic carboxylic acids is 1. The van der Waals surface area contributed by atoms with Crippen molar-refractivity contribution in [3.8, 4) is 5.75 Å². The summed E-state index contributed by atoms with van der Waals surface area (Å²) >= 11 is 0. The van der Waals surface area contributed by atoms with Crippen molar-refractivity contribution in [2.24, 2.45) is 0 Å². The Bertz CT molecular complexity index is 1280. The fourth-order valence-corrected chi connectivity index (χ4v) is 3.77. The maximum atomic E-state index is 11.4. The number of hydrogen-bond acceptors (Lipinski definition) is 4. The SMILES string of the molecule is O=C([O-])c1ccc2c(c1)/C(=C/Cn1cnc3ccccc31)c1ccccc1CO2.[Na+]. The van der Waals surface area contributed by atoms with Gasteiger partial charge in [0.05, 0.1) is 23.3 Å². The zero-order valence-electron chi connectivity index (χ0n) is 16.5. The average Bonchev–Trinajstić information content (AvgIpc) is 3.09. The van der Waals surface area contributed by atoms with Crippen LogP contribution in [0.25, 0.3) is 16.6 Å². The number of fused-ring (bicyclic) bond motifs is 3. The van der Waals surface area contributed by atoms with Gasteiger partial charge in [0.25, 0.3) is 0 Å². The van der Waals surface area contributed by atoms with Crippen LogP contribution in [0, 0.1) is 0 Å². The molecule has 0 saturated carbocycles. The Labute approximate surface area is 195 Å². The van der Waals surface area contributed by atoms with E-state index in [1.165, 1.54) is 6.07 Å². The molecule has 0 aliphatic carbocycles. The van der Waals surface area contributed by atoms with E-state index in [-0.39, 0.29) is 35.1 Å². The Hall–Kier alpha value is -2.86. The molecule has 0 bridgehead atoms. The Kier molecular flexibility index (Phi) is 5.77. The zero-order valence-corrected chi connectivity index (χ0v) is 18.5. The summed E-state index contributed by atoms with van der Waals surface area (Å²) in [5, 5.41) is 11.4. The molecule has 0 amide bonds. The molecule has 0 saturated heterocycles. The van der Waals surface area contributed by atoms with Gasteiger partial charge in [-0.25, -0.2) is 4.98 Å². The first-order chi connectivity index (χ1) is 14.2. The van der Waals surface area contributed by atoms with Gasteiger partial charge < -0.3 is 19.2 Å². The van der Waals surface area contributed by atoms with Crippen LogP contribution in [-0.2, 0) is 13.2 Å². The molecule has 0 radical (unpaired) electrons. The molecule has 0 fully saturated rings. The molecule has 5 rings (SSSR count). The number of rotatable bonds is 3. The van der Waals surface area contributed by atoms with Crippen LogP contribution in [0.1, 0.15) is 27.0 Å². The predicted octanol–water partition coefficient (Wildman–Crippen LogP) is 0.428. The normalized spacial score (nSPS) is 13.7. The van der Waals surface area contributed by atoms with E-state index in [0.717, 1.165) is 33.3 Å². The van der Waals surface area contributed by atoms with Gasteiger partial charge >= 0.3 is 29.6 Å². The van der Waals surface area contributed by atoms with Gasteiger partial charge in [0.15, 0.2) is 0 Å². The molecular formula is C24H17N2NaO3. The van der Waals surface area contributed by atoms with Crippen LogP contribution in [0.4, 0.5) is 0 Å². The third-order valence-corrected chi connectivity index (χ3v) is 5.22. The molecular weight excluding hydrogens is 387 g/mol. The van der Waals surface area contributed by atoms with E-state index in [2.05, 4.69) is 15.6 Å². The van der Waals surface area contributed by atoms with E-state index in [1.54, 1.807) is 12.1 Å². The van der Waals surface area contributed by atoms with Gasteiger partial charge in [-0.05, 0) is 52.6 Å². The Morgan fingerprint density at radius 3 is 2.73 bits per heavy atom. The Balaban J connectivity index is 0.00000218. The number of aromatic nitrogens is 2. The summed E-state index contributed by atoms with van der Waals surface area (Å²) in [4.78, 5) is 15.9. The van der Waals surface area contributed by atoms with E-state index in [4.69, 9.17) is 4.74 Å². The van der Waals surface area contributed by atoms with Crippen LogP contribution < -0.4 is 39.4 Å². The number of allylic oxidation sites excluding steroid dienone is 1. The van der Waals surface area contributed by atoms with Crippen molar-refractivity contribution in [1.29, 1.82) is 0 Å². The van der Waals surface area contributed by atoms with E-state index in [1.807, 2.05) is 54.9 Å². The molecule has 30 heavy (non-hydrogen) atoms. The molecule has 6 heteroatoms. The van der Waals surface area contributed by atoms with Crippen LogP contribution >= 0.6 is 0 Å². The number of carboxylic acid groups (broad SMARTS) is 1. The number of carboxylic acids is 1. The summed E-state index contributed by atoms with van der Waals surface area (Å²) in [5.41, 5.74) is 5.90. The molecule has 0 atom stereocenters. The number of para-hydroxylation sites is 2. The first-order valence-electron chi connectivity index (χ1n) is 9.37. The Morgan fingerprint density at radius 2 is 1.87 bits per heavy atom. The molecule has 1 aliphatic rings. The van der Waals surface area contributed by atoms with Crippen LogP contribution in [0.15, 0.2) is 79.1 Å². The minimum atomic E-state index is -1.20. The van der Waals surface area contributed by atoms with Gasteiger partial charge in [-0.1, -0.05) is 42.5 Å². The number of nitrogens with zero attached hydrogens (tertiary/aromatic N) is 2. The second-order valence-corrected chi connectivity index (χ2v) is 6.95. The number of imidazole rings is 1. The zero-order chi connectivity index (χ0) is 19.8. The van der Waals surface area contributed by atoms with Crippen molar-refractivity contribution in [2.45, 2.75) is 13.2 Å². The fraction of sp³-hybridized carbons (Fsp3) is 0.0833. The number of carbonyl (C=O) groups excluding carboxylic acids is 1.